The number of fused-ring (bicyclic) bond motifs is 1. The normalized spacial score (nSPS) is 12.2. The molecule has 0 bridgehead atoms. The predicted octanol–water partition coefficient (Wildman–Crippen LogP) is 3.00. The highest BCUT2D eigenvalue weighted by molar-refractivity contribution is 5.85. The van der Waals surface area contributed by atoms with Crippen molar-refractivity contribution in [3.05, 3.63) is 42.5 Å². The van der Waals surface area contributed by atoms with Crippen molar-refractivity contribution in [1.82, 2.24) is 5.32 Å². The Morgan fingerprint density at radius 2 is 1.80 bits per heavy atom. The van der Waals surface area contributed by atoms with E-state index in [-0.39, 0.29) is 12.4 Å². The SMILES string of the molecule is CC(C)NCC(O)COc1ccc2ccccc2c1.Cl. The summed E-state index contributed by atoms with van der Waals surface area (Å²) in [6.45, 7) is 4.96. The third kappa shape index (κ3) is 5.00. The van der Waals surface area contributed by atoms with Crippen LogP contribution in [0.5, 0.6) is 5.75 Å². The lowest BCUT2D eigenvalue weighted by atomic mass is 10.1. The quantitative estimate of drug-likeness (QED) is 0.861. The maximum absolute atomic E-state index is 9.79. The molecule has 0 radical (unpaired) electrons. The molecule has 20 heavy (non-hydrogen) atoms. The molecule has 2 rings (SSSR count). The fourth-order valence-electron chi connectivity index (χ4n) is 1.88. The molecule has 0 aromatic heterocycles. The molecular formula is C16H22ClNO2. The van der Waals surface area contributed by atoms with Crippen molar-refractivity contribution < 1.29 is 9.84 Å². The molecule has 3 nitrogen and oxygen atoms in total. The van der Waals surface area contributed by atoms with Crippen molar-refractivity contribution in [2.75, 3.05) is 13.2 Å². The van der Waals surface area contributed by atoms with E-state index in [2.05, 4.69) is 31.3 Å². The molecule has 1 atom stereocenters. The zero-order valence-corrected chi connectivity index (χ0v) is 12.7. The summed E-state index contributed by atoms with van der Waals surface area (Å²) < 4.78 is 5.62. The number of aliphatic hydroxyl groups is 1. The second-order valence-electron chi connectivity index (χ2n) is 5.04. The molecule has 110 valence electrons. The van der Waals surface area contributed by atoms with Crippen LogP contribution in [0.3, 0.4) is 0 Å². The third-order valence-electron chi connectivity index (χ3n) is 2.93. The van der Waals surface area contributed by atoms with Gasteiger partial charge in [-0.2, -0.15) is 0 Å². The minimum Gasteiger partial charge on any atom is -0.491 e. The Morgan fingerprint density at radius 1 is 1.10 bits per heavy atom. The van der Waals surface area contributed by atoms with Gasteiger partial charge in [0.15, 0.2) is 0 Å². The smallest absolute Gasteiger partial charge is 0.120 e. The summed E-state index contributed by atoms with van der Waals surface area (Å²) in [6, 6.07) is 14.5. The lowest BCUT2D eigenvalue weighted by molar-refractivity contribution is 0.105. The number of halogens is 1. The number of hydrogen-bond donors (Lipinski definition) is 2. The van der Waals surface area contributed by atoms with Gasteiger partial charge in [-0.15, -0.1) is 12.4 Å². The van der Waals surface area contributed by atoms with Crippen LogP contribution in [0.4, 0.5) is 0 Å². The lowest BCUT2D eigenvalue weighted by Gasteiger charge is -2.15. The zero-order chi connectivity index (χ0) is 13.7. The minimum atomic E-state index is -0.492. The Hall–Kier alpha value is -1.29. The summed E-state index contributed by atoms with van der Waals surface area (Å²) in [5.74, 6) is 0.794. The van der Waals surface area contributed by atoms with E-state index in [1.807, 2.05) is 30.3 Å². The first-order valence-corrected chi connectivity index (χ1v) is 6.68. The van der Waals surface area contributed by atoms with Crippen molar-refractivity contribution in [1.29, 1.82) is 0 Å². The average molecular weight is 296 g/mol. The molecule has 0 amide bonds. The highest BCUT2D eigenvalue weighted by Crippen LogP contribution is 2.20. The summed E-state index contributed by atoms with van der Waals surface area (Å²) in [4.78, 5) is 0. The molecule has 4 heteroatoms. The van der Waals surface area contributed by atoms with Crippen molar-refractivity contribution in [3.63, 3.8) is 0 Å². The first-order chi connectivity index (χ1) is 9.15. The summed E-state index contributed by atoms with van der Waals surface area (Å²) in [7, 11) is 0. The van der Waals surface area contributed by atoms with Crippen LogP contribution in [-0.2, 0) is 0 Å². The van der Waals surface area contributed by atoms with Crippen molar-refractivity contribution >= 4 is 23.2 Å². The van der Waals surface area contributed by atoms with Gasteiger partial charge in [-0.25, -0.2) is 0 Å². The molecule has 0 aliphatic rings. The maximum atomic E-state index is 9.79. The summed E-state index contributed by atoms with van der Waals surface area (Å²) in [5, 5.41) is 15.3. The van der Waals surface area contributed by atoms with Crippen LogP contribution in [0.2, 0.25) is 0 Å². The fourth-order valence-corrected chi connectivity index (χ4v) is 1.88. The monoisotopic (exact) mass is 295 g/mol. The Bertz CT molecular complexity index is 531. The predicted molar refractivity (Wildman–Crippen MR) is 85.8 cm³/mol. The molecular weight excluding hydrogens is 274 g/mol. The Labute approximate surface area is 126 Å². The average Bonchev–Trinajstić information content (AvgIpc) is 2.42. The third-order valence-corrected chi connectivity index (χ3v) is 2.93. The largest absolute Gasteiger partial charge is 0.491 e. The summed E-state index contributed by atoms with van der Waals surface area (Å²) >= 11 is 0. The number of rotatable bonds is 6. The molecule has 0 saturated carbocycles. The molecule has 2 aromatic rings. The number of hydrogen-bond acceptors (Lipinski definition) is 3. The molecule has 0 spiro atoms. The van der Waals surface area contributed by atoms with E-state index in [9.17, 15) is 5.11 Å². The summed E-state index contributed by atoms with van der Waals surface area (Å²) in [5.41, 5.74) is 0. The van der Waals surface area contributed by atoms with Crippen LogP contribution in [0.25, 0.3) is 10.8 Å². The molecule has 0 saturated heterocycles. The maximum Gasteiger partial charge on any atom is 0.120 e. The van der Waals surface area contributed by atoms with Gasteiger partial charge in [-0.3, -0.25) is 0 Å². The number of aliphatic hydroxyl groups excluding tert-OH is 1. The van der Waals surface area contributed by atoms with Crippen LogP contribution in [0.15, 0.2) is 42.5 Å². The Morgan fingerprint density at radius 3 is 2.50 bits per heavy atom. The van der Waals surface area contributed by atoms with Gasteiger partial charge in [-0.1, -0.05) is 44.2 Å². The first-order valence-electron chi connectivity index (χ1n) is 6.68. The van der Waals surface area contributed by atoms with Gasteiger partial charge < -0.3 is 15.2 Å². The van der Waals surface area contributed by atoms with E-state index < -0.39 is 6.10 Å². The zero-order valence-electron chi connectivity index (χ0n) is 11.9. The van der Waals surface area contributed by atoms with Gasteiger partial charge in [0.25, 0.3) is 0 Å². The van der Waals surface area contributed by atoms with Crippen LogP contribution >= 0.6 is 12.4 Å². The minimum absolute atomic E-state index is 0. The second kappa shape index (κ2) is 8.10. The fraction of sp³-hybridized carbons (Fsp3) is 0.375. The molecule has 1 unspecified atom stereocenters. The van der Waals surface area contributed by atoms with Gasteiger partial charge in [0.05, 0.1) is 0 Å². The van der Waals surface area contributed by atoms with E-state index >= 15 is 0 Å². The number of ether oxygens (including phenoxy) is 1. The molecule has 0 fully saturated rings. The highest BCUT2D eigenvalue weighted by atomic mass is 35.5. The molecule has 0 heterocycles. The van der Waals surface area contributed by atoms with Crippen molar-refractivity contribution in [3.8, 4) is 5.75 Å². The molecule has 0 aliphatic heterocycles. The lowest BCUT2D eigenvalue weighted by Crippen LogP contribution is -2.35. The van der Waals surface area contributed by atoms with Gasteiger partial charge in [-0.05, 0) is 22.9 Å². The Kier molecular flexibility index (Phi) is 6.79. The number of nitrogens with one attached hydrogen (secondary N) is 1. The van der Waals surface area contributed by atoms with Crippen LogP contribution < -0.4 is 10.1 Å². The number of benzene rings is 2. The topological polar surface area (TPSA) is 41.5 Å². The van der Waals surface area contributed by atoms with Crippen molar-refractivity contribution in [2.24, 2.45) is 0 Å². The van der Waals surface area contributed by atoms with Crippen LogP contribution in [0, 0.1) is 0 Å². The molecule has 0 aliphatic carbocycles. The highest BCUT2D eigenvalue weighted by Gasteiger charge is 2.06. The van der Waals surface area contributed by atoms with Gasteiger partial charge in [0, 0.05) is 12.6 Å². The van der Waals surface area contributed by atoms with Crippen LogP contribution in [-0.4, -0.2) is 30.4 Å². The van der Waals surface area contributed by atoms with E-state index in [0.717, 1.165) is 11.1 Å². The standard InChI is InChI=1S/C16H21NO2.ClH/c1-12(2)17-10-15(18)11-19-16-8-7-13-5-3-4-6-14(13)9-16;/h3-9,12,15,17-18H,10-11H2,1-2H3;1H. The molecule has 2 N–H and O–H groups in total. The van der Waals surface area contributed by atoms with E-state index in [1.54, 1.807) is 0 Å². The Balaban J connectivity index is 0.00000200. The van der Waals surface area contributed by atoms with Gasteiger partial charge in [0.2, 0.25) is 0 Å². The van der Waals surface area contributed by atoms with Gasteiger partial charge >= 0.3 is 0 Å². The second-order valence-corrected chi connectivity index (χ2v) is 5.04. The van der Waals surface area contributed by atoms with Crippen LogP contribution in [0.1, 0.15) is 13.8 Å². The van der Waals surface area contributed by atoms with Gasteiger partial charge in [0.1, 0.15) is 18.5 Å². The molecule has 2 aromatic carbocycles. The summed E-state index contributed by atoms with van der Waals surface area (Å²) in [6.07, 6.45) is -0.492. The first kappa shape index (κ1) is 16.8. The van der Waals surface area contributed by atoms with E-state index in [0.29, 0.717) is 19.2 Å². The van der Waals surface area contributed by atoms with E-state index in [4.69, 9.17) is 4.74 Å². The van der Waals surface area contributed by atoms with Crippen molar-refractivity contribution in [2.45, 2.75) is 26.0 Å². The van der Waals surface area contributed by atoms with E-state index in [1.165, 1.54) is 5.39 Å².